The molecule has 0 fully saturated rings. The first-order valence-electron chi connectivity index (χ1n) is 10.4. The summed E-state index contributed by atoms with van der Waals surface area (Å²) in [6, 6.07) is 2.63. The van der Waals surface area contributed by atoms with Crippen molar-refractivity contribution in [1.29, 1.82) is 0 Å². The number of rotatable bonds is 15. The summed E-state index contributed by atoms with van der Waals surface area (Å²) in [4.78, 5) is 59.1. The molecule has 0 saturated carbocycles. The maximum Gasteiger partial charge on any atom is 0.326 e. The van der Waals surface area contributed by atoms with Gasteiger partial charge >= 0.3 is 11.9 Å². The number of phenolic OH excluding ortho intramolecular Hbond substituents is 1. The molecule has 0 saturated heterocycles. The average molecular weight is 499 g/mol. The van der Waals surface area contributed by atoms with E-state index in [4.69, 9.17) is 15.9 Å². The van der Waals surface area contributed by atoms with Gasteiger partial charge < -0.3 is 37.0 Å². The highest BCUT2D eigenvalue weighted by molar-refractivity contribution is 7.98. The largest absolute Gasteiger partial charge is 0.508 e. The summed E-state index contributed by atoms with van der Waals surface area (Å²) >= 11 is 1.52. The van der Waals surface area contributed by atoms with Gasteiger partial charge in [0.1, 0.15) is 17.8 Å². The SMILES string of the molecule is CSCCC(N)C(=O)NC(Cc1ccc(O)cc1)C(=O)NCC(=O)NC(CCC(=O)O)C(=O)O. The van der Waals surface area contributed by atoms with Crippen molar-refractivity contribution in [3.63, 3.8) is 0 Å². The molecule has 1 aromatic carbocycles. The summed E-state index contributed by atoms with van der Waals surface area (Å²) in [5.74, 6) is -4.02. The molecule has 3 atom stereocenters. The average Bonchev–Trinajstić information content (AvgIpc) is 2.78. The molecule has 1 rings (SSSR count). The van der Waals surface area contributed by atoms with Crippen LogP contribution in [0.3, 0.4) is 0 Å². The quantitative estimate of drug-likeness (QED) is 0.158. The Bertz CT molecular complexity index is 865. The van der Waals surface area contributed by atoms with E-state index >= 15 is 0 Å². The Labute approximate surface area is 200 Å². The second kappa shape index (κ2) is 14.8. The molecular formula is C21H30N4O8S. The normalized spacial score (nSPS) is 13.2. The van der Waals surface area contributed by atoms with Gasteiger partial charge in [0.15, 0.2) is 0 Å². The van der Waals surface area contributed by atoms with Gasteiger partial charge in [-0.15, -0.1) is 0 Å². The number of nitrogens with two attached hydrogens (primary N) is 1. The molecule has 34 heavy (non-hydrogen) atoms. The molecule has 8 N–H and O–H groups in total. The number of carboxylic acid groups (broad SMARTS) is 2. The third-order valence-electron chi connectivity index (χ3n) is 4.68. The minimum absolute atomic E-state index is 0.0282. The van der Waals surface area contributed by atoms with E-state index < -0.39 is 60.8 Å². The van der Waals surface area contributed by atoms with Crippen LogP contribution in [0.25, 0.3) is 0 Å². The van der Waals surface area contributed by atoms with Gasteiger partial charge in [0, 0.05) is 12.8 Å². The lowest BCUT2D eigenvalue weighted by atomic mass is 10.0. The molecule has 3 amide bonds. The highest BCUT2D eigenvalue weighted by Gasteiger charge is 2.26. The lowest BCUT2D eigenvalue weighted by molar-refractivity contribution is -0.143. The van der Waals surface area contributed by atoms with Gasteiger partial charge in [0.25, 0.3) is 0 Å². The Kier molecular flexibility index (Phi) is 12.5. The Morgan fingerprint density at radius 3 is 2.18 bits per heavy atom. The third kappa shape index (κ3) is 11.0. The van der Waals surface area contributed by atoms with Gasteiger partial charge in [0.05, 0.1) is 12.6 Å². The van der Waals surface area contributed by atoms with Crippen LogP contribution in [0.2, 0.25) is 0 Å². The van der Waals surface area contributed by atoms with E-state index in [1.54, 1.807) is 12.1 Å². The molecular weight excluding hydrogens is 468 g/mol. The van der Waals surface area contributed by atoms with Crippen LogP contribution in [0.15, 0.2) is 24.3 Å². The summed E-state index contributed by atoms with van der Waals surface area (Å²) in [6.07, 6.45) is 1.53. The van der Waals surface area contributed by atoms with E-state index in [0.717, 1.165) is 0 Å². The number of aromatic hydroxyl groups is 1. The van der Waals surface area contributed by atoms with Crippen molar-refractivity contribution in [2.45, 2.75) is 43.8 Å². The molecule has 0 spiro atoms. The number of amides is 3. The zero-order valence-corrected chi connectivity index (χ0v) is 19.5. The van der Waals surface area contributed by atoms with Crippen LogP contribution in [0.4, 0.5) is 0 Å². The molecule has 0 aliphatic heterocycles. The molecule has 12 nitrogen and oxygen atoms in total. The zero-order valence-electron chi connectivity index (χ0n) is 18.7. The fourth-order valence-electron chi connectivity index (χ4n) is 2.79. The first kappa shape index (κ1) is 28.7. The number of phenols is 1. The lowest BCUT2D eigenvalue weighted by Crippen LogP contribution is -2.54. The maximum atomic E-state index is 12.7. The molecule has 13 heteroatoms. The van der Waals surface area contributed by atoms with Crippen LogP contribution < -0.4 is 21.7 Å². The van der Waals surface area contributed by atoms with Crippen molar-refractivity contribution >= 4 is 41.4 Å². The molecule has 3 unspecified atom stereocenters. The van der Waals surface area contributed by atoms with Crippen molar-refractivity contribution < 1.29 is 39.3 Å². The molecule has 0 bridgehead atoms. The van der Waals surface area contributed by atoms with E-state index in [1.165, 1.54) is 23.9 Å². The number of carbonyl (C=O) groups excluding carboxylic acids is 3. The van der Waals surface area contributed by atoms with Crippen LogP contribution >= 0.6 is 11.8 Å². The first-order chi connectivity index (χ1) is 16.0. The Morgan fingerprint density at radius 2 is 1.62 bits per heavy atom. The molecule has 188 valence electrons. The highest BCUT2D eigenvalue weighted by Crippen LogP contribution is 2.12. The summed E-state index contributed by atoms with van der Waals surface area (Å²) < 4.78 is 0. The number of carbonyl (C=O) groups is 5. The molecule has 0 aromatic heterocycles. The summed E-state index contributed by atoms with van der Waals surface area (Å²) in [5, 5.41) is 34.3. The standard InChI is InChI=1S/C21H30N4O8S/c1-34-9-8-14(22)19(30)25-16(10-12-2-4-13(26)5-3-12)20(31)23-11-17(27)24-15(21(32)33)6-7-18(28)29/h2-5,14-16,26H,6-11,22H2,1H3,(H,23,31)(H,24,27)(H,25,30)(H,28,29)(H,32,33). The van der Waals surface area contributed by atoms with Crippen LogP contribution in [-0.2, 0) is 30.4 Å². The monoisotopic (exact) mass is 498 g/mol. The van der Waals surface area contributed by atoms with Crippen molar-refractivity contribution in [2.24, 2.45) is 5.73 Å². The molecule has 1 aromatic rings. The number of benzene rings is 1. The third-order valence-corrected chi connectivity index (χ3v) is 5.33. The topological polar surface area (TPSA) is 208 Å². The minimum atomic E-state index is -1.43. The van der Waals surface area contributed by atoms with E-state index in [0.29, 0.717) is 17.7 Å². The second-order valence-electron chi connectivity index (χ2n) is 7.43. The van der Waals surface area contributed by atoms with Gasteiger partial charge in [-0.2, -0.15) is 11.8 Å². The number of nitrogens with one attached hydrogen (secondary N) is 3. The number of carboxylic acids is 2. The number of thioether (sulfide) groups is 1. The van der Waals surface area contributed by atoms with Gasteiger partial charge in [0.2, 0.25) is 17.7 Å². The fourth-order valence-corrected chi connectivity index (χ4v) is 3.28. The highest BCUT2D eigenvalue weighted by atomic mass is 32.2. The summed E-state index contributed by atoms with van der Waals surface area (Å²) in [6.45, 7) is -0.587. The van der Waals surface area contributed by atoms with Crippen LogP contribution in [0.1, 0.15) is 24.8 Å². The second-order valence-corrected chi connectivity index (χ2v) is 8.41. The Hall–Kier alpha value is -3.32. The fraction of sp³-hybridized carbons (Fsp3) is 0.476. The van der Waals surface area contributed by atoms with E-state index in [1.807, 2.05) is 6.26 Å². The summed E-state index contributed by atoms with van der Waals surface area (Å²) in [7, 11) is 0. The molecule has 0 aliphatic carbocycles. The van der Waals surface area contributed by atoms with Crippen molar-refractivity contribution in [2.75, 3.05) is 18.6 Å². The lowest BCUT2D eigenvalue weighted by Gasteiger charge is -2.21. The van der Waals surface area contributed by atoms with E-state index in [-0.39, 0.29) is 18.6 Å². The zero-order chi connectivity index (χ0) is 25.7. The molecule has 0 heterocycles. The van der Waals surface area contributed by atoms with Gasteiger partial charge in [-0.25, -0.2) is 4.79 Å². The number of hydrogen-bond donors (Lipinski definition) is 7. The molecule has 0 radical (unpaired) electrons. The minimum Gasteiger partial charge on any atom is -0.508 e. The number of aliphatic carboxylic acids is 2. The van der Waals surface area contributed by atoms with Gasteiger partial charge in [-0.1, -0.05) is 12.1 Å². The molecule has 0 aliphatic rings. The summed E-state index contributed by atoms with van der Waals surface area (Å²) in [5.41, 5.74) is 6.49. The Morgan fingerprint density at radius 1 is 0.971 bits per heavy atom. The van der Waals surface area contributed by atoms with Crippen LogP contribution in [0, 0.1) is 0 Å². The van der Waals surface area contributed by atoms with Crippen LogP contribution in [-0.4, -0.2) is 81.7 Å². The van der Waals surface area contributed by atoms with Crippen molar-refractivity contribution in [1.82, 2.24) is 16.0 Å². The first-order valence-corrected chi connectivity index (χ1v) is 11.8. The van der Waals surface area contributed by atoms with Crippen molar-refractivity contribution in [3.05, 3.63) is 29.8 Å². The number of hydrogen-bond acceptors (Lipinski definition) is 8. The van der Waals surface area contributed by atoms with Crippen molar-refractivity contribution in [3.8, 4) is 5.75 Å². The Balaban J connectivity index is 2.80. The van der Waals surface area contributed by atoms with E-state index in [2.05, 4.69) is 16.0 Å². The van der Waals surface area contributed by atoms with Crippen LogP contribution in [0.5, 0.6) is 5.75 Å². The van der Waals surface area contributed by atoms with Gasteiger partial charge in [-0.3, -0.25) is 19.2 Å². The predicted octanol–water partition coefficient (Wildman–Crippen LogP) is -0.950. The maximum absolute atomic E-state index is 12.7. The van der Waals surface area contributed by atoms with Gasteiger partial charge in [-0.05, 0) is 42.5 Å². The van der Waals surface area contributed by atoms with E-state index in [9.17, 15) is 29.1 Å². The smallest absolute Gasteiger partial charge is 0.326 e. The predicted molar refractivity (Wildman–Crippen MR) is 124 cm³/mol.